The lowest BCUT2D eigenvalue weighted by Gasteiger charge is -2.23. The van der Waals surface area contributed by atoms with Gasteiger partial charge in [0.1, 0.15) is 5.82 Å². The summed E-state index contributed by atoms with van der Waals surface area (Å²) in [7, 11) is 0. The van der Waals surface area contributed by atoms with Gasteiger partial charge in [0.25, 0.3) is 0 Å². The smallest absolute Gasteiger partial charge is 0.313 e. The van der Waals surface area contributed by atoms with Crippen molar-refractivity contribution in [3.8, 4) is 11.1 Å². The van der Waals surface area contributed by atoms with Crippen LogP contribution in [-0.4, -0.2) is 11.1 Å². The van der Waals surface area contributed by atoms with Gasteiger partial charge in [0, 0.05) is 0 Å². The van der Waals surface area contributed by atoms with Crippen LogP contribution in [0.5, 0.6) is 0 Å². The molecule has 1 N–H and O–H groups in total. The number of carbonyl (C=O) groups is 1. The minimum atomic E-state index is -0.995. The first-order valence-corrected chi connectivity index (χ1v) is 6.02. The average molecular weight is 258 g/mol. The van der Waals surface area contributed by atoms with E-state index in [0.717, 1.165) is 11.1 Å². The topological polar surface area (TPSA) is 37.3 Å². The third-order valence-corrected chi connectivity index (χ3v) is 3.29. The molecule has 0 aromatic heterocycles. The zero-order valence-corrected chi connectivity index (χ0v) is 10.9. The molecule has 0 aliphatic carbocycles. The fourth-order valence-corrected chi connectivity index (χ4v) is 2.02. The maximum absolute atomic E-state index is 13.0. The first kappa shape index (κ1) is 13.3. The van der Waals surface area contributed by atoms with Gasteiger partial charge in [-0.05, 0) is 42.7 Å². The molecule has 0 aliphatic rings. The van der Waals surface area contributed by atoms with Crippen LogP contribution in [0, 0.1) is 5.82 Å². The Bertz CT molecular complexity index is 600. The van der Waals surface area contributed by atoms with E-state index in [0.29, 0.717) is 5.56 Å². The fourth-order valence-electron chi connectivity index (χ4n) is 2.02. The first-order chi connectivity index (χ1) is 8.93. The molecule has 2 aromatic carbocycles. The summed E-state index contributed by atoms with van der Waals surface area (Å²) in [4.78, 5) is 11.4. The summed E-state index contributed by atoms with van der Waals surface area (Å²) in [5, 5.41) is 9.35. The van der Waals surface area contributed by atoms with Crippen LogP contribution in [0.1, 0.15) is 19.4 Å². The molecule has 19 heavy (non-hydrogen) atoms. The Labute approximate surface area is 111 Å². The Balaban J connectivity index is 2.59. The van der Waals surface area contributed by atoms with Gasteiger partial charge in [-0.15, -0.1) is 0 Å². The van der Waals surface area contributed by atoms with E-state index in [1.165, 1.54) is 12.1 Å². The van der Waals surface area contributed by atoms with Crippen molar-refractivity contribution in [2.24, 2.45) is 0 Å². The standard InChI is InChI=1S/C16H15FO2/c1-16(2,15(18)19)14-6-4-3-5-13(14)11-7-9-12(17)10-8-11/h3-10H,1-2H3,(H,18,19). The zero-order chi connectivity index (χ0) is 14.0. The van der Waals surface area contributed by atoms with Gasteiger partial charge in [-0.25, -0.2) is 4.39 Å². The Morgan fingerprint density at radius 2 is 1.63 bits per heavy atom. The number of carboxylic acids is 1. The quantitative estimate of drug-likeness (QED) is 0.907. The lowest BCUT2D eigenvalue weighted by atomic mass is 9.80. The lowest BCUT2D eigenvalue weighted by molar-refractivity contribution is -0.142. The third kappa shape index (κ3) is 2.50. The second-order valence-corrected chi connectivity index (χ2v) is 4.98. The molecule has 3 heteroatoms. The number of benzene rings is 2. The fraction of sp³-hybridized carbons (Fsp3) is 0.188. The van der Waals surface area contributed by atoms with E-state index in [1.54, 1.807) is 32.0 Å². The maximum Gasteiger partial charge on any atom is 0.313 e. The van der Waals surface area contributed by atoms with Crippen LogP contribution in [0.3, 0.4) is 0 Å². The van der Waals surface area contributed by atoms with Crippen molar-refractivity contribution in [2.75, 3.05) is 0 Å². The predicted molar refractivity (Wildman–Crippen MR) is 72.5 cm³/mol. The van der Waals surface area contributed by atoms with Crippen LogP contribution in [0.25, 0.3) is 11.1 Å². The summed E-state index contributed by atoms with van der Waals surface area (Å²) in [6.07, 6.45) is 0. The molecule has 0 bridgehead atoms. The van der Waals surface area contributed by atoms with E-state index < -0.39 is 11.4 Å². The molecule has 98 valence electrons. The lowest BCUT2D eigenvalue weighted by Crippen LogP contribution is -2.29. The number of hydrogen-bond donors (Lipinski definition) is 1. The van der Waals surface area contributed by atoms with Crippen molar-refractivity contribution in [3.05, 3.63) is 59.9 Å². The second kappa shape index (κ2) is 4.84. The van der Waals surface area contributed by atoms with E-state index in [1.807, 2.05) is 18.2 Å². The van der Waals surface area contributed by atoms with Crippen LogP contribution in [-0.2, 0) is 10.2 Å². The molecule has 0 spiro atoms. The van der Waals surface area contributed by atoms with Gasteiger partial charge in [0.15, 0.2) is 0 Å². The Kier molecular flexibility index (Phi) is 3.38. The highest BCUT2D eigenvalue weighted by atomic mass is 19.1. The molecule has 2 nitrogen and oxygen atoms in total. The molecule has 0 fully saturated rings. The molecule has 0 aliphatic heterocycles. The van der Waals surface area contributed by atoms with Crippen LogP contribution in [0.15, 0.2) is 48.5 Å². The van der Waals surface area contributed by atoms with Crippen LogP contribution < -0.4 is 0 Å². The predicted octanol–water partition coefficient (Wildman–Crippen LogP) is 3.85. The minimum absolute atomic E-state index is 0.307. The molecular formula is C16H15FO2. The highest BCUT2D eigenvalue weighted by Crippen LogP contribution is 2.33. The molecule has 0 atom stereocenters. The molecule has 0 saturated carbocycles. The van der Waals surface area contributed by atoms with E-state index in [2.05, 4.69) is 0 Å². The van der Waals surface area contributed by atoms with Crippen molar-refractivity contribution in [3.63, 3.8) is 0 Å². The Morgan fingerprint density at radius 1 is 1.05 bits per heavy atom. The van der Waals surface area contributed by atoms with Crippen LogP contribution >= 0.6 is 0 Å². The summed E-state index contributed by atoms with van der Waals surface area (Å²) in [6.45, 7) is 3.33. The average Bonchev–Trinajstić information content (AvgIpc) is 2.39. The van der Waals surface area contributed by atoms with E-state index in [-0.39, 0.29) is 5.82 Å². The molecule has 0 radical (unpaired) electrons. The molecule has 0 heterocycles. The molecule has 0 saturated heterocycles. The Morgan fingerprint density at radius 3 is 2.21 bits per heavy atom. The first-order valence-electron chi connectivity index (χ1n) is 6.02. The van der Waals surface area contributed by atoms with Gasteiger partial charge in [-0.2, -0.15) is 0 Å². The number of rotatable bonds is 3. The van der Waals surface area contributed by atoms with Crippen LogP contribution in [0.2, 0.25) is 0 Å². The number of aliphatic carboxylic acids is 1. The van der Waals surface area contributed by atoms with E-state index in [4.69, 9.17) is 0 Å². The van der Waals surface area contributed by atoms with Gasteiger partial charge in [0.2, 0.25) is 0 Å². The largest absolute Gasteiger partial charge is 0.481 e. The van der Waals surface area contributed by atoms with Gasteiger partial charge >= 0.3 is 5.97 Å². The Hall–Kier alpha value is -2.16. The van der Waals surface area contributed by atoms with Crippen molar-refractivity contribution in [1.82, 2.24) is 0 Å². The highest BCUT2D eigenvalue weighted by Gasteiger charge is 2.31. The molecule has 2 aromatic rings. The number of hydrogen-bond acceptors (Lipinski definition) is 1. The third-order valence-electron chi connectivity index (χ3n) is 3.29. The molecule has 2 rings (SSSR count). The van der Waals surface area contributed by atoms with Crippen LogP contribution in [0.4, 0.5) is 4.39 Å². The van der Waals surface area contributed by atoms with Gasteiger partial charge in [-0.3, -0.25) is 4.79 Å². The zero-order valence-electron chi connectivity index (χ0n) is 10.9. The summed E-state index contributed by atoms with van der Waals surface area (Å²) < 4.78 is 13.0. The molecular weight excluding hydrogens is 243 g/mol. The molecule has 0 unspecified atom stereocenters. The molecule has 0 amide bonds. The SMILES string of the molecule is CC(C)(C(=O)O)c1ccccc1-c1ccc(F)cc1. The highest BCUT2D eigenvalue weighted by molar-refractivity contribution is 5.84. The van der Waals surface area contributed by atoms with Crippen molar-refractivity contribution in [2.45, 2.75) is 19.3 Å². The second-order valence-electron chi connectivity index (χ2n) is 4.98. The summed E-state index contributed by atoms with van der Waals surface area (Å²) >= 11 is 0. The monoisotopic (exact) mass is 258 g/mol. The van der Waals surface area contributed by atoms with Crippen molar-refractivity contribution >= 4 is 5.97 Å². The van der Waals surface area contributed by atoms with E-state index >= 15 is 0 Å². The van der Waals surface area contributed by atoms with Crippen molar-refractivity contribution < 1.29 is 14.3 Å². The van der Waals surface area contributed by atoms with E-state index in [9.17, 15) is 14.3 Å². The maximum atomic E-state index is 13.0. The summed E-state index contributed by atoms with van der Waals surface area (Å²) in [6, 6.07) is 13.4. The number of halogens is 1. The van der Waals surface area contributed by atoms with Crippen molar-refractivity contribution in [1.29, 1.82) is 0 Å². The van der Waals surface area contributed by atoms with Gasteiger partial charge < -0.3 is 5.11 Å². The van der Waals surface area contributed by atoms with Gasteiger partial charge in [0.05, 0.1) is 5.41 Å². The summed E-state index contributed by atoms with van der Waals surface area (Å²) in [5.41, 5.74) is 1.35. The van der Waals surface area contributed by atoms with Gasteiger partial charge in [-0.1, -0.05) is 36.4 Å². The summed E-state index contributed by atoms with van der Waals surface area (Å²) in [5.74, 6) is -1.19. The normalized spacial score (nSPS) is 11.3. The minimum Gasteiger partial charge on any atom is -0.481 e. The number of carboxylic acid groups (broad SMARTS) is 1.